The lowest BCUT2D eigenvalue weighted by Crippen LogP contribution is -2.27. The monoisotopic (exact) mass is 326 g/mol. The molecule has 0 saturated carbocycles. The molecule has 0 bridgehead atoms. The Morgan fingerprint density at radius 1 is 1.42 bits per heavy atom. The van der Waals surface area contributed by atoms with Gasteiger partial charge in [0.15, 0.2) is 0 Å². The third kappa shape index (κ3) is 4.32. The van der Waals surface area contributed by atoms with Gasteiger partial charge in [0.25, 0.3) is 5.91 Å². The summed E-state index contributed by atoms with van der Waals surface area (Å²) in [7, 11) is -2.57. The molecule has 0 heterocycles. The van der Waals surface area contributed by atoms with Gasteiger partial charge in [0.05, 0.1) is 17.2 Å². The molecule has 0 radical (unpaired) electrons. The summed E-state index contributed by atoms with van der Waals surface area (Å²) in [6.07, 6.45) is 0. The predicted octanol–water partition coefficient (Wildman–Crippen LogP) is 1.02. The molecule has 0 spiro atoms. The van der Waals surface area contributed by atoms with Crippen LogP contribution >= 0.6 is 23.2 Å². The molecular formula is C10H12Cl2N2O4S. The fourth-order valence-corrected chi connectivity index (χ4v) is 2.75. The van der Waals surface area contributed by atoms with Crippen molar-refractivity contribution >= 4 is 39.1 Å². The molecule has 0 aromatic heterocycles. The highest BCUT2D eigenvalue weighted by molar-refractivity contribution is 7.89. The van der Waals surface area contributed by atoms with E-state index in [1.165, 1.54) is 13.2 Å². The van der Waals surface area contributed by atoms with Crippen molar-refractivity contribution in [2.75, 3.05) is 20.3 Å². The second kappa shape index (κ2) is 6.53. The van der Waals surface area contributed by atoms with E-state index >= 15 is 0 Å². The Hall–Kier alpha value is -0.860. The lowest BCUT2D eigenvalue weighted by molar-refractivity contribution is 0.0937. The highest BCUT2D eigenvalue weighted by Gasteiger charge is 2.21. The number of hydrogen-bond acceptors (Lipinski definition) is 4. The van der Waals surface area contributed by atoms with Crippen molar-refractivity contribution in [2.45, 2.75) is 4.90 Å². The van der Waals surface area contributed by atoms with Crippen LogP contribution in [0.15, 0.2) is 17.0 Å². The Kier molecular flexibility index (Phi) is 5.57. The van der Waals surface area contributed by atoms with E-state index in [1.807, 2.05) is 0 Å². The zero-order chi connectivity index (χ0) is 14.6. The van der Waals surface area contributed by atoms with Gasteiger partial charge in [-0.05, 0) is 12.1 Å². The van der Waals surface area contributed by atoms with Crippen molar-refractivity contribution in [3.8, 4) is 0 Å². The Balaban J connectivity index is 3.15. The van der Waals surface area contributed by atoms with Gasteiger partial charge >= 0.3 is 0 Å². The number of amides is 1. The summed E-state index contributed by atoms with van der Waals surface area (Å²) in [5, 5.41) is 7.28. The van der Waals surface area contributed by atoms with E-state index in [0.29, 0.717) is 6.61 Å². The molecule has 0 aliphatic carbocycles. The number of benzene rings is 1. The lowest BCUT2D eigenvalue weighted by Gasteiger charge is -2.09. The summed E-state index contributed by atoms with van der Waals surface area (Å²) in [5.41, 5.74) is -0.0608. The zero-order valence-electron chi connectivity index (χ0n) is 9.94. The van der Waals surface area contributed by atoms with Gasteiger partial charge in [-0.2, -0.15) is 0 Å². The topological polar surface area (TPSA) is 98.5 Å². The average Bonchev–Trinajstić information content (AvgIpc) is 2.30. The number of sulfonamides is 1. The highest BCUT2D eigenvalue weighted by Crippen LogP contribution is 2.28. The van der Waals surface area contributed by atoms with E-state index in [-0.39, 0.29) is 22.2 Å². The normalized spacial score (nSPS) is 11.4. The molecule has 1 aromatic rings. The molecule has 106 valence electrons. The number of nitrogens with one attached hydrogen (secondary N) is 1. The third-order valence-corrected chi connectivity index (χ3v) is 3.82. The van der Waals surface area contributed by atoms with Gasteiger partial charge in [0.2, 0.25) is 10.0 Å². The maximum atomic E-state index is 11.8. The van der Waals surface area contributed by atoms with Gasteiger partial charge < -0.3 is 10.1 Å². The molecule has 9 heteroatoms. The van der Waals surface area contributed by atoms with Gasteiger partial charge in [-0.1, -0.05) is 23.2 Å². The van der Waals surface area contributed by atoms with Crippen LogP contribution in [0, 0.1) is 0 Å². The molecule has 6 nitrogen and oxygen atoms in total. The first-order chi connectivity index (χ1) is 8.77. The first-order valence-electron chi connectivity index (χ1n) is 5.06. The zero-order valence-corrected chi connectivity index (χ0v) is 12.3. The van der Waals surface area contributed by atoms with E-state index in [0.717, 1.165) is 6.07 Å². The molecule has 3 N–H and O–H groups in total. The Bertz CT molecular complexity index is 589. The molecule has 1 amide bonds. The van der Waals surface area contributed by atoms with E-state index in [1.54, 1.807) is 0 Å². The Morgan fingerprint density at radius 3 is 2.58 bits per heavy atom. The van der Waals surface area contributed by atoms with Crippen LogP contribution in [0.4, 0.5) is 0 Å². The van der Waals surface area contributed by atoms with E-state index < -0.39 is 20.8 Å². The highest BCUT2D eigenvalue weighted by atomic mass is 35.5. The summed E-state index contributed by atoms with van der Waals surface area (Å²) >= 11 is 11.6. The Labute approximate surface area is 120 Å². The number of rotatable bonds is 5. The molecule has 19 heavy (non-hydrogen) atoms. The van der Waals surface area contributed by atoms with Crippen LogP contribution in [-0.2, 0) is 14.8 Å². The fourth-order valence-electron chi connectivity index (χ4n) is 1.30. The van der Waals surface area contributed by atoms with Crippen LogP contribution in [-0.4, -0.2) is 34.6 Å². The standard InChI is InChI=1S/C10H12Cl2N2O4S/c1-18-3-2-14-10(15)7-4-6(11)5-8(9(7)12)19(13,16)17/h4-5H,2-3H2,1H3,(H,14,15)(H2,13,16,17). The van der Waals surface area contributed by atoms with Gasteiger partial charge in [0.1, 0.15) is 4.90 Å². The van der Waals surface area contributed by atoms with Gasteiger partial charge in [-0.15, -0.1) is 0 Å². The molecule has 1 rings (SSSR count). The second-order valence-electron chi connectivity index (χ2n) is 3.56. The average molecular weight is 327 g/mol. The molecule has 0 fully saturated rings. The van der Waals surface area contributed by atoms with Crippen LogP contribution < -0.4 is 10.5 Å². The van der Waals surface area contributed by atoms with Crippen molar-refractivity contribution < 1.29 is 17.9 Å². The molecule has 1 aromatic carbocycles. The number of hydrogen-bond donors (Lipinski definition) is 2. The SMILES string of the molecule is COCCNC(=O)c1cc(Cl)cc(S(N)(=O)=O)c1Cl. The minimum absolute atomic E-state index is 0.0466. The first kappa shape index (κ1) is 16.2. The number of carbonyl (C=O) groups excluding carboxylic acids is 1. The van der Waals surface area contributed by atoms with Crippen LogP contribution in [0.25, 0.3) is 0 Å². The number of carbonyl (C=O) groups is 1. The predicted molar refractivity (Wildman–Crippen MR) is 72.0 cm³/mol. The fraction of sp³-hybridized carbons (Fsp3) is 0.300. The quantitative estimate of drug-likeness (QED) is 0.789. The van der Waals surface area contributed by atoms with Crippen molar-refractivity contribution in [1.82, 2.24) is 5.32 Å². The molecule has 0 unspecified atom stereocenters. The van der Waals surface area contributed by atoms with Gasteiger partial charge in [-0.25, -0.2) is 13.6 Å². The summed E-state index contributed by atoms with van der Waals surface area (Å²) in [4.78, 5) is 11.4. The smallest absolute Gasteiger partial charge is 0.252 e. The number of ether oxygens (including phenoxy) is 1. The van der Waals surface area contributed by atoms with Crippen LogP contribution in [0.5, 0.6) is 0 Å². The van der Waals surface area contributed by atoms with Crippen molar-refractivity contribution in [3.05, 3.63) is 27.7 Å². The van der Waals surface area contributed by atoms with E-state index in [4.69, 9.17) is 33.1 Å². The van der Waals surface area contributed by atoms with Gasteiger partial charge in [-0.3, -0.25) is 4.79 Å². The minimum atomic E-state index is -4.06. The maximum Gasteiger partial charge on any atom is 0.252 e. The van der Waals surface area contributed by atoms with Crippen LogP contribution in [0.1, 0.15) is 10.4 Å². The van der Waals surface area contributed by atoms with Gasteiger partial charge in [0, 0.05) is 18.7 Å². The number of nitrogens with two attached hydrogens (primary N) is 1. The van der Waals surface area contributed by atoms with Crippen molar-refractivity contribution in [2.24, 2.45) is 5.14 Å². The molecule has 0 aliphatic heterocycles. The first-order valence-corrected chi connectivity index (χ1v) is 7.36. The van der Waals surface area contributed by atoms with E-state index in [9.17, 15) is 13.2 Å². The van der Waals surface area contributed by atoms with Crippen molar-refractivity contribution in [1.29, 1.82) is 0 Å². The van der Waals surface area contributed by atoms with Crippen LogP contribution in [0.2, 0.25) is 10.0 Å². The van der Waals surface area contributed by atoms with E-state index in [2.05, 4.69) is 5.32 Å². The molecular weight excluding hydrogens is 315 g/mol. The number of methoxy groups -OCH3 is 1. The van der Waals surface area contributed by atoms with Crippen LogP contribution in [0.3, 0.4) is 0 Å². The largest absolute Gasteiger partial charge is 0.383 e. The second-order valence-corrected chi connectivity index (χ2v) is 5.90. The summed E-state index contributed by atoms with van der Waals surface area (Å²) < 4.78 is 27.4. The number of halogens is 2. The summed E-state index contributed by atoms with van der Waals surface area (Å²) in [6, 6.07) is 2.35. The lowest BCUT2D eigenvalue weighted by atomic mass is 10.2. The van der Waals surface area contributed by atoms with Crippen molar-refractivity contribution in [3.63, 3.8) is 0 Å². The maximum absolute atomic E-state index is 11.8. The number of primary sulfonamides is 1. The molecule has 0 saturated heterocycles. The summed E-state index contributed by atoms with van der Waals surface area (Å²) in [5.74, 6) is -0.561. The minimum Gasteiger partial charge on any atom is -0.383 e. The third-order valence-electron chi connectivity index (χ3n) is 2.15. The Morgan fingerprint density at radius 2 is 2.05 bits per heavy atom. The molecule has 0 aliphatic rings. The molecule has 0 atom stereocenters. The summed E-state index contributed by atoms with van der Waals surface area (Å²) in [6.45, 7) is 0.564.